The fraction of sp³-hybridized carbons (Fsp3) is 0.550. The van der Waals surface area contributed by atoms with Crippen molar-refractivity contribution in [3.63, 3.8) is 0 Å². The number of sulfonamides is 1. The zero-order valence-corrected chi connectivity index (χ0v) is 17.1. The molecule has 1 N–H and O–H groups in total. The molecule has 1 aromatic carbocycles. The molecule has 0 spiro atoms. The molecule has 27 heavy (non-hydrogen) atoms. The Labute approximate surface area is 166 Å². The molecule has 1 heterocycles. The van der Waals surface area contributed by atoms with Gasteiger partial charge in [-0.2, -0.15) is 4.31 Å². The van der Waals surface area contributed by atoms with Gasteiger partial charge in [0.15, 0.2) is 0 Å². The number of carbonyl (C=O) groups is 1. The normalized spacial score (nSPS) is 19.2. The molecule has 1 aliphatic carbocycles. The van der Waals surface area contributed by atoms with Crippen molar-refractivity contribution < 1.29 is 13.2 Å². The van der Waals surface area contributed by atoms with E-state index in [1.165, 1.54) is 34.5 Å². The van der Waals surface area contributed by atoms with Crippen molar-refractivity contribution in [2.24, 2.45) is 0 Å². The molecule has 5 nitrogen and oxygen atoms in total. The average molecular weight is 411 g/mol. The molecule has 2 aliphatic rings. The largest absolute Gasteiger partial charge is 0.348 e. The molecule has 148 valence electrons. The zero-order valence-electron chi connectivity index (χ0n) is 15.5. The summed E-state index contributed by atoms with van der Waals surface area (Å²) in [5, 5.41) is 3.14. The van der Waals surface area contributed by atoms with E-state index >= 15 is 0 Å². The highest BCUT2D eigenvalue weighted by Gasteiger charge is 2.26. The average Bonchev–Trinajstić information content (AvgIpc) is 2.97. The fourth-order valence-corrected chi connectivity index (χ4v) is 5.37. The van der Waals surface area contributed by atoms with Crippen LogP contribution in [0.15, 0.2) is 34.7 Å². The Kier molecular flexibility index (Phi) is 6.95. The summed E-state index contributed by atoms with van der Waals surface area (Å²) in [6, 6.07) is 4.40. The number of halogens is 1. The Hall–Kier alpha value is -1.37. The predicted molar refractivity (Wildman–Crippen MR) is 108 cm³/mol. The molecule has 0 saturated carbocycles. The van der Waals surface area contributed by atoms with Crippen LogP contribution in [-0.4, -0.2) is 38.3 Å². The van der Waals surface area contributed by atoms with Crippen molar-refractivity contribution in [2.45, 2.75) is 56.3 Å². The molecule has 0 aromatic heterocycles. The van der Waals surface area contributed by atoms with Gasteiger partial charge < -0.3 is 5.32 Å². The number of nitrogens with one attached hydrogen (secondary N) is 1. The van der Waals surface area contributed by atoms with Crippen molar-refractivity contribution in [2.75, 3.05) is 19.6 Å². The fourth-order valence-electron chi connectivity index (χ4n) is 3.62. The van der Waals surface area contributed by atoms with Crippen molar-refractivity contribution in [3.8, 4) is 0 Å². The van der Waals surface area contributed by atoms with Crippen LogP contribution in [0.4, 0.5) is 0 Å². The molecule has 1 saturated heterocycles. The Bertz CT molecular complexity index is 813. The van der Waals surface area contributed by atoms with Crippen molar-refractivity contribution in [1.82, 2.24) is 9.62 Å². The van der Waals surface area contributed by atoms with Gasteiger partial charge in [0.25, 0.3) is 5.91 Å². The maximum absolute atomic E-state index is 13.0. The monoisotopic (exact) mass is 410 g/mol. The lowest BCUT2D eigenvalue weighted by molar-refractivity contribution is 0.0956. The molecule has 0 bridgehead atoms. The predicted octanol–water partition coefficient (Wildman–Crippen LogP) is 4.13. The quantitative estimate of drug-likeness (QED) is 0.742. The van der Waals surface area contributed by atoms with Crippen LogP contribution in [0.25, 0.3) is 0 Å². The molecule has 1 amide bonds. The summed E-state index contributed by atoms with van der Waals surface area (Å²) >= 11 is 6.19. The maximum atomic E-state index is 13.0. The second-order valence-corrected chi connectivity index (χ2v) is 9.60. The molecule has 0 unspecified atom stereocenters. The molecular weight excluding hydrogens is 384 g/mol. The molecule has 1 aliphatic heterocycles. The minimum atomic E-state index is -3.61. The van der Waals surface area contributed by atoms with Crippen molar-refractivity contribution >= 4 is 27.5 Å². The van der Waals surface area contributed by atoms with E-state index in [9.17, 15) is 13.2 Å². The number of benzene rings is 1. The van der Waals surface area contributed by atoms with E-state index < -0.39 is 10.0 Å². The van der Waals surface area contributed by atoms with E-state index in [0.717, 1.165) is 44.9 Å². The summed E-state index contributed by atoms with van der Waals surface area (Å²) in [6.07, 6.45) is 10.4. The number of carbonyl (C=O) groups excluding carboxylic acids is 1. The summed E-state index contributed by atoms with van der Waals surface area (Å²) in [5.74, 6) is -0.334. The van der Waals surface area contributed by atoms with Crippen LogP contribution in [0, 0.1) is 0 Å². The summed E-state index contributed by atoms with van der Waals surface area (Å²) in [4.78, 5) is 12.7. The highest BCUT2D eigenvalue weighted by atomic mass is 35.5. The third-order valence-electron chi connectivity index (χ3n) is 5.25. The van der Waals surface area contributed by atoms with Crippen LogP contribution in [0.5, 0.6) is 0 Å². The number of nitrogens with zero attached hydrogens (tertiary/aromatic N) is 1. The van der Waals surface area contributed by atoms with Crippen LogP contribution in [0.3, 0.4) is 0 Å². The van der Waals surface area contributed by atoms with E-state index in [0.29, 0.717) is 19.6 Å². The third-order valence-corrected chi connectivity index (χ3v) is 7.47. The van der Waals surface area contributed by atoms with Crippen molar-refractivity contribution in [1.29, 1.82) is 0 Å². The summed E-state index contributed by atoms with van der Waals surface area (Å²) in [5.41, 5.74) is 1.43. The van der Waals surface area contributed by atoms with Gasteiger partial charge in [-0.25, -0.2) is 8.42 Å². The van der Waals surface area contributed by atoms with Crippen LogP contribution < -0.4 is 5.32 Å². The van der Waals surface area contributed by atoms with Crippen LogP contribution >= 0.6 is 11.6 Å². The first kappa shape index (κ1) is 20.4. The highest BCUT2D eigenvalue weighted by Crippen LogP contribution is 2.25. The summed E-state index contributed by atoms with van der Waals surface area (Å²) in [7, 11) is -3.61. The number of hydrogen-bond acceptors (Lipinski definition) is 3. The van der Waals surface area contributed by atoms with Crippen molar-refractivity contribution in [3.05, 3.63) is 40.4 Å². The standard InChI is InChI=1S/C20H27ClN2O3S/c21-19-11-10-17(27(25,26)23-12-6-1-2-7-13-23)14-18(19)20(24)22-15-16-8-4-3-5-9-16/h8,10-11,14H,1-7,9,12-13,15H2,(H,22,24). The minimum Gasteiger partial charge on any atom is -0.348 e. The van der Waals surface area contributed by atoms with Gasteiger partial charge in [-0.05, 0) is 56.7 Å². The Morgan fingerprint density at radius 1 is 1.07 bits per heavy atom. The maximum Gasteiger partial charge on any atom is 0.253 e. The Morgan fingerprint density at radius 2 is 1.81 bits per heavy atom. The second-order valence-electron chi connectivity index (χ2n) is 7.25. The molecule has 7 heteroatoms. The number of rotatable bonds is 5. The van der Waals surface area contributed by atoms with Crippen LogP contribution in [0.1, 0.15) is 61.7 Å². The van der Waals surface area contributed by atoms with Crippen LogP contribution in [0.2, 0.25) is 5.02 Å². The van der Waals surface area contributed by atoms with Crippen LogP contribution in [-0.2, 0) is 10.0 Å². The molecule has 0 atom stereocenters. The Morgan fingerprint density at radius 3 is 2.48 bits per heavy atom. The Balaban J connectivity index is 1.76. The first-order chi connectivity index (χ1) is 13.0. The van der Waals surface area contributed by atoms with Gasteiger partial charge in [0.1, 0.15) is 0 Å². The van der Waals surface area contributed by atoms with Gasteiger partial charge in [0.05, 0.1) is 15.5 Å². The van der Waals surface area contributed by atoms with E-state index in [1.807, 2.05) is 0 Å². The first-order valence-electron chi connectivity index (χ1n) is 9.74. The highest BCUT2D eigenvalue weighted by molar-refractivity contribution is 7.89. The SMILES string of the molecule is O=C(NCC1=CCCCC1)c1cc(S(=O)(=O)N2CCCCCC2)ccc1Cl. The lowest BCUT2D eigenvalue weighted by Crippen LogP contribution is -2.32. The number of allylic oxidation sites excluding steroid dienone is 1. The molecule has 3 rings (SSSR count). The smallest absolute Gasteiger partial charge is 0.253 e. The van der Waals surface area contributed by atoms with Gasteiger partial charge >= 0.3 is 0 Å². The van der Waals surface area contributed by atoms with Gasteiger partial charge in [0, 0.05) is 19.6 Å². The van der Waals surface area contributed by atoms with Gasteiger partial charge in [-0.1, -0.05) is 36.1 Å². The molecule has 1 fully saturated rings. The summed E-state index contributed by atoms with van der Waals surface area (Å²) < 4.78 is 27.5. The molecule has 1 aromatic rings. The molecular formula is C20H27ClN2O3S. The topological polar surface area (TPSA) is 66.5 Å². The number of hydrogen-bond donors (Lipinski definition) is 1. The molecule has 0 radical (unpaired) electrons. The van der Waals surface area contributed by atoms with E-state index in [2.05, 4.69) is 11.4 Å². The van der Waals surface area contributed by atoms with Gasteiger partial charge in [-0.15, -0.1) is 0 Å². The van der Waals surface area contributed by atoms with E-state index in [-0.39, 0.29) is 21.4 Å². The van der Waals surface area contributed by atoms with E-state index in [1.54, 1.807) is 0 Å². The number of amides is 1. The van der Waals surface area contributed by atoms with Gasteiger partial charge in [0.2, 0.25) is 10.0 Å². The second kappa shape index (κ2) is 9.22. The van der Waals surface area contributed by atoms with Gasteiger partial charge in [-0.3, -0.25) is 4.79 Å². The minimum absolute atomic E-state index is 0.135. The van der Waals surface area contributed by atoms with E-state index in [4.69, 9.17) is 11.6 Å². The third kappa shape index (κ3) is 5.12. The lowest BCUT2D eigenvalue weighted by Gasteiger charge is -2.20. The summed E-state index contributed by atoms with van der Waals surface area (Å²) in [6.45, 7) is 1.54. The zero-order chi connectivity index (χ0) is 19.3. The lowest BCUT2D eigenvalue weighted by atomic mass is 9.99. The first-order valence-corrected chi connectivity index (χ1v) is 11.6.